The van der Waals surface area contributed by atoms with Crippen LogP contribution in [0.5, 0.6) is 5.75 Å². The molecular weight excluding hydrogens is 240 g/mol. The van der Waals surface area contributed by atoms with Crippen LogP contribution in [0.25, 0.3) is 0 Å². The Morgan fingerprint density at radius 1 is 1.37 bits per heavy atom. The van der Waals surface area contributed by atoms with Crippen LogP contribution in [0.3, 0.4) is 0 Å². The second-order valence-corrected chi connectivity index (χ2v) is 4.79. The van der Waals surface area contributed by atoms with E-state index in [4.69, 9.17) is 4.74 Å². The van der Waals surface area contributed by atoms with E-state index in [1.54, 1.807) is 7.05 Å². The number of nitrogens with one attached hydrogen (secondary N) is 2. The second kappa shape index (κ2) is 7.67. The van der Waals surface area contributed by atoms with Gasteiger partial charge in [-0.05, 0) is 32.4 Å². The number of benzene rings is 1. The summed E-state index contributed by atoms with van der Waals surface area (Å²) in [6.45, 7) is 6.13. The Morgan fingerprint density at radius 2 is 2.11 bits per heavy atom. The first-order chi connectivity index (χ1) is 9.05. The van der Waals surface area contributed by atoms with Crippen LogP contribution in [-0.2, 0) is 4.79 Å². The summed E-state index contributed by atoms with van der Waals surface area (Å²) >= 11 is 0. The third kappa shape index (κ3) is 5.64. The fourth-order valence-electron chi connectivity index (χ4n) is 1.69. The average molecular weight is 264 g/mol. The molecule has 0 aliphatic rings. The van der Waals surface area contributed by atoms with Crippen molar-refractivity contribution in [3.63, 3.8) is 0 Å². The van der Waals surface area contributed by atoms with Crippen LogP contribution < -0.4 is 15.4 Å². The number of rotatable bonds is 7. The maximum absolute atomic E-state index is 11.3. The van der Waals surface area contributed by atoms with E-state index in [1.807, 2.05) is 38.1 Å². The Balaban J connectivity index is 2.58. The first-order valence-electron chi connectivity index (χ1n) is 6.79. The van der Waals surface area contributed by atoms with Crippen LogP contribution in [0.15, 0.2) is 24.3 Å². The molecule has 0 aliphatic carbocycles. The number of carbonyl (C=O) groups excluding carboxylic acids is 1. The largest absolute Gasteiger partial charge is 0.491 e. The molecule has 0 unspecified atom stereocenters. The SMILES string of the molecule is CC[C@H](C)Oc1cccc(N[C@H](C)CC(=O)NC)c1. The lowest BCUT2D eigenvalue weighted by Gasteiger charge is -2.17. The number of anilines is 1. The van der Waals surface area contributed by atoms with E-state index in [0.717, 1.165) is 17.9 Å². The molecule has 1 aromatic carbocycles. The van der Waals surface area contributed by atoms with Gasteiger partial charge in [0.1, 0.15) is 5.75 Å². The smallest absolute Gasteiger partial charge is 0.221 e. The molecule has 2 N–H and O–H groups in total. The van der Waals surface area contributed by atoms with E-state index in [2.05, 4.69) is 17.6 Å². The minimum Gasteiger partial charge on any atom is -0.491 e. The average Bonchev–Trinajstić information content (AvgIpc) is 2.38. The molecule has 0 radical (unpaired) electrons. The van der Waals surface area contributed by atoms with Crippen molar-refractivity contribution in [2.75, 3.05) is 12.4 Å². The number of hydrogen-bond donors (Lipinski definition) is 2. The van der Waals surface area contributed by atoms with Gasteiger partial charge < -0.3 is 15.4 Å². The molecule has 0 aromatic heterocycles. The molecule has 1 rings (SSSR count). The summed E-state index contributed by atoms with van der Waals surface area (Å²) < 4.78 is 5.77. The molecule has 0 aliphatic heterocycles. The molecule has 1 amide bonds. The highest BCUT2D eigenvalue weighted by Crippen LogP contribution is 2.20. The van der Waals surface area contributed by atoms with Crippen molar-refractivity contribution < 1.29 is 9.53 Å². The van der Waals surface area contributed by atoms with Gasteiger partial charge in [0, 0.05) is 31.3 Å². The molecule has 0 saturated heterocycles. The third-order valence-electron chi connectivity index (χ3n) is 2.93. The van der Waals surface area contributed by atoms with Gasteiger partial charge in [0.05, 0.1) is 6.10 Å². The number of amides is 1. The summed E-state index contributed by atoms with van der Waals surface area (Å²) in [5, 5.41) is 5.92. The van der Waals surface area contributed by atoms with Crippen LogP contribution in [0.4, 0.5) is 5.69 Å². The van der Waals surface area contributed by atoms with Gasteiger partial charge in [-0.3, -0.25) is 4.79 Å². The summed E-state index contributed by atoms with van der Waals surface area (Å²) in [6.07, 6.45) is 1.64. The zero-order valence-electron chi connectivity index (χ0n) is 12.2. The fourth-order valence-corrected chi connectivity index (χ4v) is 1.69. The second-order valence-electron chi connectivity index (χ2n) is 4.79. The van der Waals surface area contributed by atoms with Gasteiger partial charge in [-0.2, -0.15) is 0 Å². The monoisotopic (exact) mass is 264 g/mol. The van der Waals surface area contributed by atoms with Gasteiger partial charge in [-0.25, -0.2) is 0 Å². The highest BCUT2D eigenvalue weighted by Gasteiger charge is 2.08. The van der Waals surface area contributed by atoms with Crippen LogP contribution in [0.2, 0.25) is 0 Å². The number of ether oxygens (including phenoxy) is 1. The van der Waals surface area contributed by atoms with Crippen molar-refractivity contribution in [3.05, 3.63) is 24.3 Å². The zero-order chi connectivity index (χ0) is 14.3. The van der Waals surface area contributed by atoms with Crippen molar-refractivity contribution in [2.24, 2.45) is 0 Å². The normalized spacial score (nSPS) is 13.5. The van der Waals surface area contributed by atoms with Crippen molar-refractivity contribution in [1.82, 2.24) is 5.32 Å². The van der Waals surface area contributed by atoms with Gasteiger partial charge in [-0.1, -0.05) is 13.0 Å². The fraction of sp³-hybridized carbons (Fsp3) is 0.533. The maximum atomic E-state index is 11.3. The minimum atomic E-state index is 0.0343. The predicted molar refractivity (Wildman–Crippen MR) is 78.6 cm³/mol. The van der Waals surface area contributed by atoms with E-state index in [9.17, 15) is 4.79 Å². The Morgan fingerprint density at radius 3 is 2.74 bits per heavy atom. The standard InChI is InChI=1S/C15H24N2O2/c1-5-12(3)19-14-8-6-7-13(10-14)17-11(2)9-15(18)16-4/h6-8,10-12,17H,5,9H2,1-4H3,(H,16,18)/t11-,12+/m1/s1. The highest BCUT2D eigenvalue weighted by atomic mass is 16.5. The molecule has 0 fully saturated rings. The molecule has 0 spiro atoms. The summed E-state index contributed by atoms with van der Waals surface area (Å²) in [7, 11) is 1.65. The number of hydrogen-bond acceptors (Lipinski definition) is 3. The van der Waals surface area contributed by atoms with Crippen molar-refractivity contribution >= 4 is 11.6 Å². The van der Waals surface area contributed by atoms with E-state index in [1.165, 1.54) is 0 Å². The van der Waals surface area contributed by atoms with Gasteiger partial charge in [0.15, 0.2) is 0 Å². The van der Waals surface area contributed by atoms with E-state index >= 15 is 0 Å². The molecule has 4 heteroatoms. The van der Waals surface area contributed by atoms with Gasteiger partial charge in [-0.15, -0.1) is 0 Å². The van der Waals surface area contributed by atoms with E-state index < -0.39 is 0 Å². The van der Waals surface area contributed by atoms with Crippen LogP contribution >= 0.6 is 0 Å². The van der Waals surface area contributed by atoms with Crippen LogP contribution in [-0.4, -0.2) is 25.1 Å². The van der Waals surface area contributed by atoms with Gasteiger partial charge in [0.2, 0.25) is 5.91 Å². The Bertz CT molecular complexity index is 407. The van der Waals surface area contributed by atoms with Crippen molar-refractivity contribution in [3.8, 4) is 5.75 Å². The van der Waals surface area contributed by atoms with Gasteiger partial charge >= 0.3 is 0 Å². The summed E-state index contributed by atoms with van der Waals surface area (Å²) in [5.74, 6) is 0.888. The molecule has 0 bridgehead atoms. The Labute approximate surface area is 115 Å². The Hall–Kier alpha value is -1.71. The van der Waals surface area contributed by atoms with E-state index in [-0.39, 0.29) is 18.1 Å². The lowest BCUT2D eigenvalue weighted by atomic mass is 10.2. The summed E-state index contributed by atoms with van der Waals surface area (Å²) in [6, 6.07) is 7.92. The zero-order valence-corrected chi connectivity index (χ0v) is 12.2. The van der Waals surface area contributed by atoms with E-state index in [0.29, 0.717) is 6.42 Å². The molecule has 19 heavy (non-hydrogen) atoms. The first-order valence-corrected chi connectivity index (χ1v) is 6.79. The summed E-state index contributed by atoms with van der Waals surface area (Å²) in [4.78, 5) is 11.3. The molecule has 4 nitrogen and oxygen atoms in total. The number of carbonyl (C=O) groups is 1. The third-order valence-corrected chi connectivity index (χ3v) is 2.93. The molecular formula is C15H24N2O2. The lowest BCUT2D eigenvalue weighted by molar-refractivity contribution is -0.120. The highest BCUT2D eigenvalue weighted by molar-refractivity contribution is 5.76. The van der Waals surface area contributed by atoms with Crippen molar-refractivity contribution in [2.45, 2.75) is 45.8 Å². The minimum absolute atomic E-state index is 0.0343. The topological polar surface area (TPSA) is 50.4 Å². The molecule has 106 valence electrons. The molecule has 0 heterocycles. The molecule has 0 saturated carbocycles. The summed E-state index contributed by atoms with van der Waals surface area (Å²) in [5.41, 5.74) is 0.970. The maximum Gasteiger partial charge on any atom is 0.221 e. The quantitative estimate of drug-likeness (QED) is 0.796. The molecule has 1 aromatic rings. The van der Waals surface area contributed by atoms with Crippen molar-refractivity contribution in [1.29, 1.82) is 0 Å². The first kappa shape index (κ1) is 15.3. The Kier molecular flexibility index (Phi) is 6.19. The predicted octanol–water partition coefficient (Wildman–Crippen LogP) is 2.80. The lowest BCUT2D eigenvalue weighted by Crippen LogP contribution is -2.26. The van der Waals surface area contributed by atoms with Crippen LogP contribution in [0.1, 0.15) is 33.6 Å². The van der Waals surface area contributed by atoms with Crippen LogP contribution in [0, 0.1) is 0 Å². The molecule has 2 atom stereocenters. The van der Waals surface area contributed by atoms with Gasteiger partial charge in [0.25, 0.3) is 0 Å².